The number of nitrogens with two attached hydrogens (primary N) is 1. The molecule has 0 spiro atoms. The van der Waals surface area contributed by atoms with Gasteiger partial charge in [-0.15, -0.1) is 0 Å². The molecule has 0 aromatic heterocycles. The Morgan fingerprint density at radius 2 is 1.89 bits per heavy atom. The molecule has 1 aromatic carbocycles. The molecule has 1 atom stereocenters. The van der Waals surface area contributed by atoms with E-state index in [1.807, 2.05) is 6.92 Å². The van der Waals surface area contributed by atoms with E-state index in [-0.39, 0.29) is 11.8 Å². The van der Waals surface area contributed by atoms with Crippen molar-refractivity contribution in [1.29, 1.82) is 0 Å². The molecule has 1 amide bonds. The van der Waals surface area contributed by atoms with Gasteiger partial charge < -0.3 is 20.5 Å². The van der Waals surface area contributed by atoms with Crippen LogP contribution in [0, 0.1) is 5.92 Å². The fourth-order valence-electron chi connectivity index (χ4n) is 1.51. The van der Waals surface area contributed by atoms with Crippen molar-refractivity contribution in [3.8, 4) is 11.5 Å². The van der Waals surface area contributed by atoms with Gasteiger partial charge in [0, 0.05) is 12.5 Å². The zero-order valence-corrected chi connectivity index (χ0v) is 12.0. The Kier molecular flexibility index (Phi) is 5.57. The molecule has 3 N–H and O–H groups in total. The minimum atomic E-state index is -0.280. The standard InChI is InChI=1S/C13H18N2O3S/c1-8(12(14)19)7-15-13(16)11-9(17-2)5-4-6-10(11)18-3/h4-6,8H,7H2,1-3H3,(H2,14,19)(H,15,16). The summed E-state index contributed by atoms with van der Waals surface area (Å²) in [7, 11) is 3.01. The molecule has 0 bridgehead atoms. The van der Waals surface area contributed by atoms with Crippen LogP contribution in [0.3, 0.4) is 0 Å². The van der Waals surface area contributed by atoms with E-state index in [1.165, 1.54) is 14.2 Å². The van der Waals surface area contributed by atoms with Crippen LogP contribution in [0.15, 0.2) is 18.2 Å². The van der Waals surface area contributed by atoms with Crippen LogP contribution >= 0.6 is 12.2 Å². The first-order valence-corrected chi connectivity index (χ1v) is 6.20. The molecule has 0 aliphatic heterocycles. The lowest BCUT2D eigenvalue weighted by Gasteiger charge is -2.15. The summed E-state index contributed by atoms with van der Waals surface area (Å²) in [5.41, 5.74) is 5.87. The molecule has 0 saturated carbocycles. The first-order chi connectivity index (χ1) is 9.01. The highest BCUT2D eigenvalue weighted by Crippen LogP contribution is 2.27. The molecule has 6 heteroatoms. The van der Waals surface area contributed by atoms with Crippen molar-refractivity contribution in [1.82, 2.24) is 5.32 Å². The van der Waals surface area contributed by atoms with Gasteiger partial charge in [0.15, 0.2) is 0 Å². The molecular formula is C13H18N2O3S. The van der Waals surface area contributed by atoms with Gasteiger partial charge >= 0.3 is 0 Å². The number of nitrogens with one attached hydrogen (secondary N) is 1. The Hall–Kier alpha value is -1.82. The molecule has 0 heterocycles. The molecule has 0 aliphatic rings. The van der Waals surface area contributed by atoms with Crippen molar-refractivity contribution >= 4 is 23.1 Å². The monoisotopic (exact) mass is 282 g/mol. The Morgan fingerprint density at radius 1 is 1.37 bits per heavy atom. The lowest BCUT2D eigenvalue weighted by molar-refractivity contribution is 0.0945. The average molecular weight is 282 g/mol. The number of hydrogen-bond acceptors (Lipinski definition) is 4. The first kappa shape index (κ1) is 15.2. The third-order valence-corrected chi connectivity index (χ3v) is 3.11. The van der Waals surface area contributed by atoms with Gasteiger partial charge in [0.1, 0.15) is 17.1 Å². The van der Waals surface area contributed by atoms with E-state index in [0.717, 1.165) is 0 Å². The summed E-state index contributed by atoms with van der Waals surface area (Å²) in [6.07, 6.45) is 0. The summed E-state index contributed by atoms with van der Waals surface area (Å²) in [6.45, 7) is 2.22. The molecule has 104 valence electrons. The van der Waals surface area contributed by atoms with Crippen LogP contribution in [0.4, 0.5) is 0 Å². The third kappa shape index (κ3) is 3.82. The van der Waals surface area contributed by atoms with Gasteiger partial charge in [-0.25, -0.2) is 0 Å². The summed E-state index contributed by atoms with van der Waals surface area (Å²) >= 11 is 4.86. The number of carbonyl (C=O) groups is 1. The van der Waals surface area contributed by atoms with Crippen LogP contribution in [0.5, 0.6) is 11.5 Å². The Labute approximate surface area is 118 Å². The molecule has 0 radical (unpaired) electrons. The predicted octanol–water partition coefficient (Wildman–Crippen LogP) is 1.36. The number of amides is 1. The van der Waals surface area contributed by atoms with Gasteiger partial charge in [-0.05, 0) is 12.1 Å². The maximum absolute atomic E-state index is 12.2. The molecule has 0 fully saturated rings. The highest BCUT2D eigenvalue weighted by molar-refractivity contribution is 7.80. The number of rotatable bonds is 6. The molecule has 0 aliphatic carbocycles. The number of ether oxygens (including phenoxy) is 2. The van der Waals surface area contributed by atoms with Gasteiger partial charge in [-0.3, -0.25) is 4.79 Å². The van der Waals surface area contributed by atoms with Crippen LogP contribution < -0.4 is 20.5 Å². The smallest absolute Gasteiger partial charge is 0.258 e. The lowest BCUT2D eigenvalue weighted by Crippen LogP contribution is -2.34. The van der Waals surface area contributed by atoms with E-state index in [9.17, 15) is 4.79 Å². The van der Waals surface area contributed by atoms with Gasteiger partial charge in [-0.2, -0.15) is 0 Å². The van der Waals surface area contributed by atoms with Crippen LogP contribution in [-0.2, 0) is 0 Å². The van der Waals surface area contributed by atoms with E-state index in [1.54, 1.807) is 18.2 Å². The van der Waals surface area contributed by atoms with E-state index < -0.39 is 0 Å². The van der Waals surface area contributed by atoms with Crippen molar-refractivity contribution in [2.45, 2.75) is 6.92 Å². The summed E-state index contributed by atoms with van der Waals surface area (Å²) < 4.78 is 10.3. The van der Waals surface area contributed by atoms with E-state index in [2.05, 4.69) is 5.32 Å². The van der Waals surface area contributed by atoms with Crippen LogP contribution in [-0.4, -0.2) is 31.7 Å². The van der Waals surface area contributed by atoms with Crippen molar-refractivity contribution in [2.75, 3.05) is 20.8 Å². The van der Waals surface area contributed by atoms with E-state index in [0.29, 0.717) is 28.6 Å². The fourth-order valence-corrected chi connectivity index (χ4v) is 1.59. The second-order valence-corrected chi connectivity index (χ2v) is 4.52. The van der Waals surface area contributed by atoms with Crippen molar-refractivity contribution in [3.05, 3.63) is 23.8 Å². The molecule has 1 unspecified atom stereocenters. The zero-order chi connectivity index (χ0) is 14.4. The van der Waals surface area contributed by atoms with Crippen molar-refractivity contribution in [2.24, 2.45) is 11.7 Å². The first-order valence-electron chi connectivity index (χ1n) is 5.79. The number of carbonyl (C=O) groups excluding carboxylic acids is 1. The normalized spacial score (nSPS) is 11.5. The summed E-state index contributed by atoms with van der Waals surface area (Å²) in [4.78, 5) is 12.5. The largest absolute Gasteiger partial charge is 0.496 e. The minimum Gasteiger partial charge on any atom is -0.496 e. The maximum Gasteiger partial charge on any atom is 0.258 e. The van der Waals surface area contributed by atoms with Crippen molar-refractivity contribution < 1.29 is 14.3 Å². The SMILES string of the molecule is COc1cccc(OC)c1C(=O)NCC(C)C(N)=S. The number of hydrogen-bond donors (Lipinski definition) is 2. The number of benzene rings is 1. The van der Waals surface area contributed by atoms with Gasteiger partial charge in [0.2, 0.25) is 0 Å². The average Bonchev–Trinajstić information content (AvgIpc) is 2.42. The summed E-state index contributed by atoms with van der Waals surface area (Å²) in [5, 5.41) is 2.76. The van der Waals surface area contributed by atoms with Crippen LogP contribution in [0.2, 0.25) is 0 Å². The second-order valence-electron chi connectivity index (χ2n) is 4.05. The zero-order valence-electron chi connectivity index (χ0n) is 11.2. The fraction of sp³-hybridized carbons (Fsp3) is 0.385. The van der Waals surface area contributed by atoms with Gasteiger partial charge in [0.25, 0.3) is 5.91 Å². The van der Waals surface area contributed by atoms with Gasteiger partial charge in [0.05, 0.1) is 19.2 Å². The third-order valence-electron chi connectivity index (χ3n) is 2.71. The van der Waals surface area contributed by atoms with Crippen LogP contribution in [0.25, 0.3) is 0 Å². The Morgan fingerprint density at radius 3 is 2.32 bits per heavy atom. The Bertz CT molecular complexity index is 455. The summed E-state index contributed by atoms with van der Waals surface area (Å²) in [5.74, 6) is 0.566. The molecule has 5 nitrogen and oxygen atoms in total. The highest BCUT2D eigenvalue weighted by Gasteiger charge is 2.18. The quantitative estimate of drug-likeness (QED) is 0.771. The molecule has 0 saturated heterocycles. The summed E-state index contributed by atoms with van der Waals surface area (Å²) in [6, 6.07) is 5.16. The minimum absolute atomic E-state index is 0.0698. The van der Waals surface area contributed by atoms with Gasteiger partial charge in [-0.1, -0.05) is 25.2 Å². The van der Waals surface area contributed by atoms with E-state index >= 15 is 0 Å². The lowest BCUT2D eigenvalue weighted by atomic mass is 10.1. The molecule has 1 aromatic rings. The van der Waals surface area contributed by atoms with Crippen LogP contribution in [0.1, 0.15) is 17.3 Å². The van der Waals surface area contributed by atoms with E-state index in [4.69, 9.17) is 27.4 Å². The maximum atomic E-state index is 12.2. The Balaban J connectivity index is 2.89. The molecule has 19 heavy (non-hydrogen) atoms. The highest BCUT2D eigenvalue weighted by atomic mass is 32.1. The second kappa shape index (κ2) is 6.94. The van der Waals surface area contributed by atoms with Crippen molar-refractivity contribution in [3.63, 3.8) is 0 Å². The number of methoxy groups -OCH3 is 2. The predicted molar refractivity (Wildman–Crippen MR) is 77.8 cm³/mol. The molecular weight excluding hydrogens is 264 g/mol. The topological polar surface area (TPSA) is 73.6 Å². The molecule has 1 rings (SSSR count). The number of thiocarbonyl (C=S) groups is 1.